The summed E-state index contributed by atoms with van der Waals surface area (Å²) in [6, 6.07) is 0. The van der Waals surface area contributed by atoms with Gasteiger partial charge in [0.2, 0.25) is 0 Å². The van der Waals surface area contributed by atoms with Gasteiger partial charge in [-0.3, -0.25) is 4.90 Å². The Balaban J connectivity index is 2.81. The lowest BCUT2D eigenvalue weighted by atomic mass is 9.66. The van der Waals surface area contributed by atoms with Crippen molar-refractivity contribution >= 4 is 6.09 Å². The van der Waals surface area contributed by atoms with Crippen LogP contribution in [0.5, 0.6) is 0 Å². The zero-order valence-electron chi connectivity index (χ0n) is 13.6. The van der Waals surface area contributed by atoms with Crippen LogP contribution in [0.3, 0.4) is 0 Å². The minimum atomic E-state index is -0.386. The first-order valence-electron chi connectivity index (χ1n) is 6.97. The first-order valence-corrected chi connectivity index (χ1v) is 6.97. The van der Waals surface area contributed by atoms with Crippen LogP contribution in [-0.4, -0.2) is 39.4 Å². The predicted molar refractivity (Wildman–Crippen MR) is 76.0 cm³/mol. The first kappa shape index (κ1) is 16.3. The number of aliphatic hydroxyl groups is 1. The smallest absolute Gasteiger partial charge is 0.410 e. The van der Waals surface area contributed by atoms with Gasteiger partial charge in [0, 0.05) is 22.9 Å². The number of hydrogen-bond acceptors (Lipinski definition) is 3. The SMILES string of the molecule is CC1(C)[C@@H](OC(=O)N(C(C)(C)C)C(C)(C)C)C[C@@H]1O. The van der Waals surface area contributed by atoms with E-state index in [0.717, 1.165) is 0 Å². The Kier molecular flexibility index (Phi) is 3.99. The number of carbonyl (C=O) groups is 1. The number of nitrogens with zero attached hydrogens (tertiary/aromatic N) is 1. The molecule has 0 aromatic carbocycles. The van der Waals surface area contributed by atoms with Crippen molar-refractivity contribution in [3.8, 4) is 0 Å². The Morgan fingerprint density at radius 3 is 1.84 bits per heavy atom. The summed E-state index contributed by atoms with van der Waals surface area (Å²) in [6.45, 7) is 15.9. The van der Waals surface area contributed by atoms with Crippen LogP contribution in [0.15, 0.2) is 0 Å². The van der Waals surface area contributed by atoms with Gasteiger partial charge in [-0.1, -0.05) is 13.8 Å². The monoisotopic (exact) mass is 271 g/mol. The zero-order chi connectivity index (χ0) is 15.2. The van der Waals surface area contributed by atoms with Crippen LogP contribution in [-0.2, 0) is 4.74 Å². The van der Waals surface area contributed by atoms with Gasteiger partial charge < -0.3 is 9.84 Å². The second-order valence-electron chi connectivity index (χ2n) is 8.12. The van der Waals surface area contributed by atoms with Crippen molar-refractivity contribution in [2.75, 3.05) is 0 Å². The molecule has 2 atom stereocenters. The zero-order valence-corrected chi connectivity index (χ0v) is 13.6. The van der Waals surface area contributed by atoms with E-state index in [0.29, 0.717) is 6.42 Å². The quantitative estimate of drug-likeness (QED) is 0.797. The summed E-state index contributed by atoms with van der Waals surface area (Å²) in [5.74, 6) is 0. The molecular formula is C15H29NO3. The average molecular weight is 271 g/mol. The third-order valence-electron chi connectivity index (χ3n) is 3.89. The van der Waals surface area contributed by atoms with E-state index in [1.54, 1.807) is 4.90 Å². The van der Waals surface area contributed by atoms with Crippen LogP contribution in [0.25, 0.3) is 0 Å². The third-order valence-corrected chi connectivity index (χ3v) is 3.89. The molecule has 112 valence electrons. The van der Waals surface area contributed by atoms with Crippen LogP contribution in [0, 0.1) is 5.41 Å². The highest BCUT2D eigenvalue weighted by molar-refractivity contribution is 5.70. The van der Waals surface area contributed by atoms with Gasteiger partial charge >= 0.3 is 6.09 Å². The second kappa shape index (κ2) is 4.65. The highest BCUT2D eigenvalue weighted by atomic mass is 16.6. The molecule has 0 aromatic heterocycles. The van der Waals surface area contributed by atoms with E-state index in [4.69, 9.17) is 4.74 Å². The molecular weight excluding hydrogens is 242 g/mol. The van der Waals surface area contributed by atoms with E-state index >= 15 is 0 Å². The van der Waals surface area contributed by atoms with Crippen LogP contribution in [0.4, 0.5) is 4.79 Å². The summed E-state index contributed by atoms with van der Waals surface area (Å²) in [7, 11) is 0. The summed E-state index contributed by atoms with van der Waals surface area (Å²) < 4.78 is 5.61. The second-order valence-corrected chi connectivity index (χ2v) is 8.12. The predicted octanol–water partition coefficient (Wildman–Crippen LogP) is 3.18. The standard InChI is InChI=1S/C15H29NO3/c1-13(2,3)16(14(4,5)6)12(18)19-11-9-10(17)15(11,7)8/h10-11,17H,9H2,1-8H3/t10-,11-/m0/s1. The fourth-order valence-corrected chi connectivity index (χ4v) is 2.79. The van der Waals surface area contributed by atoms with Crippen molar-refractivity contribution in [1.82, 2.24) is 4.90 Å². The maximum Gasteiger partial charge on any atom is 0.410 e. The van der Waals surface area contributed by atoms with E-state index in [1.807, 2.05) is 55.4 Å². The maximum atomic E-state index is 12.5. The lowest BCUT2D eigenvalue weighted by Gasteiger charge is -2.50. The lowest BCUT2D eigenvalue weighted by Crippen LogP contribution is -2.60. The summed E-state index contributed by atoms with van der Waals surface area (Å²) in [6.07, 6.45) is -0.365. The molecule has 0 radical (unpaired) electrons. The molecule has 1 N–H and O–H groups in total. The van der Waals surface area contributed by atoms with E-state index < -0.39 is 0 Å². The van der Waals surface area contributed by atoms with E-state index in [-0.39, 0.29) is 34.8 Å². The highest BCUT2D eigenvalue weighted by Crippen LogP contribution is 2.43. The van der Waals surface area contributed by atoms with Crippen LogP contribution in [0.1, 0.15) is 61.8 Å². The molecule has 0 saturated heterocycles. The number of rotatable bonds is 1. The summed E-state index contributed by atoms with van der Waals surface area (Å²) >= 11 is 0. The van der Waals surface area contributed by atoms with Crippen molar-refractivity contribution in [2.45, 2.75) is 85.1 Å². The Morgan fingerprint density at radius 1 is 1.16 bits per heavy atom. The molecule has 19 heavy (non-hydrogen) atoms. The van der Waals surface area contributed by atoms with Gasteiger partial charge in [0.05, 0.1) is 6.10 Å². The van der Waals surface area contributed by atoms with Crippen molar-refractivity contribution in [3.05, 3.63) is 0 Å². The number of hydrogen-bond donors (Lipinski definition) is 1. The minimum Gasteiger partial charge on any atom is -0.445 e. The Hall–Kier alpha value is -0.770. The molecule has 4 nitrogen and oxygen atoms in total. The maximum absolute atomic E-state index is 12.5. The normalized spacial score (nSPS) is 26.6. The first-order chi connectivity index (χ1) is 8.28. The van der Waals surface area contributed by atoms with Crippen LogP contribution in [0.2, 0.25) is 0 Å². The molecule has 1 aliphatic rings. The third kappa shape index (κ3) is 3.22. The van der Waals surface area contributed by atoms with Crippen molar-refractivity contribution in [2.24, 2.45) is 5.41 Å². The molecule has 4 heteroatoms. The molecule has 0 heterocycles. The van der Waals surface area contributed by atoms with Gasteiger partial charge in [-0.15, -0.1) is 0 Å². The molecule has 0 bridgehead atoms. The molecule has 0 unspecified atom stereocenters. The molecule has 1 rings (SSSR count). The molecule has 1 saturated carbocycles. The summed E-state index contributed by atoms with van der Waals surface area (Å²) in [4.78, 5) is 14.2. The Labute approximate surface area is 117 Å². The van der Waals surface area contributed by atoms with Crippen molar-refractivity contribution in [3.63, 3.8) is 0 Å². The van der Waals surface area contributed by atoms with Gasteiger partial charge in [-0.25, -0.2) is 4.79 Å². The van der Waals surface area contributed by atoms with Gasteiger partial charge in [0.15, 0.2) is 0 Å². The van der Waals surface area contributed by atoms with E-state index in [9.17, 15) is 9.90 Å². The minimum absolute atomic E-state index is 0.206. The van der Waals surface area contributed by atoms with Crippen molar-refractivity contribution < 1.29 is 14.6 Å². The van der Waals surface area contributed by atoms with Gasteiger partial charge in [-0.2, -0.15) is 0 Å². The Morgan fingerprint density at radius 2 is 1.58 bits per heavy atom. The molecule has 0 aliphatic heterocycles. The van der Waals surface area contributed by atoms with Gasteiger partial charge in [0.1, 0.15) is 6.10 Å². The Bertz CT molecular complexity index is 335. The molecule has 0 spiro atoms. The van der Waals surface area contributed by atoms with E-state index in [2.05, 4.69) is 0 Å². The largest absolute Gasteiger partial charge is 0.445 e. The van der Waals surface area contributed by atoms with Crippen LogP contribution >= 0.6 is 0 Å². The lowest BCUT2D eigenvalue weighted by molar-refractivity contribution is -0.157. The molecule has 1 amide bonds. The fraction of sp³-hybridized carbons (Fsp3) is 0.933. The van der Waals surface area contributed by atoms with E-state index in [1.165, 1.54) is 0 Å². The number of ether oxygens (including phenoxy) is 1. The number of aliphatic hydroxyl groups excluding tert-OH is 1. The number of amides is 1. The summed E-state index contributed by atoms with van der Waals surface area (Å²) in [5, 5.41) is 9.71. The molecule has 1 fully saturated rings. The fourth-order valence-electron chi connectivity index (χ4n) is 2.79. The molecule has 0 aromatic rings. The average Bonchev–Trinajstić information content (AvgIpc) is 2.12. The topological polar surface area (TPSA) is 49.8 Å². The van der Waals surface area contributed by atoms with Gasteiger partial charge in [-0.05, 0) is 41.5 Å². The van der Waals surface area contributed by atoms with Crippen molar-refractivity contribution in [1.29, 1.82) is 0 Å². The molecule has 1 aliphatic carbocycles. The highest BCUT2D eigenvalue weighted by Gasteiger charge is 2.51. The number of carbonyl (C=O) groups excluding carboxylic acids is 1. The summed E-state index contributed by atoms with van der Waals surface area (Å²) in [5.41, 5.74) is -0.958. The van der Waals surface area contributed by atoms with Crippen LogP contribution < -0.4 is 0 Å². The van der Waals surface area contributed by atoms with Gasteiger partial charge in [0.25, 0.3) is 0 Å².